The molecular formula is C19H23N3O2. The minimum Gasteiger partial charge on any atom is -0.497 e. The molecule has 3 rings (SSSR count). The van der Waals surface area contributed by atoms with Gasteiger partial charge in [-0.05, 0) is 36.2 Å². The molecule has 1 aliphatic heterocycles. The Morgan fingerprint density at radius 2 is 1.83 bits per heavy atom. The highest BCUT2D eigenvalue weighted by molar-refractivity contribution is 5.92. The molecule has 5 nitrogen and oxygen atoms in total. The lowest BCUT2D eigenvalue weighted by Gasteiger charge is -2.34. The minimum absolute atomic E-state index is 0.0328. The van der Waals surface area contributed by atoms with Gasteiger partial charge in [0.15, 0.2) is 0 Å². The standard InChI is InChI=1S/C19H23N3O2/c1-24-17-7-5-16(6-8-17)9-11-21-12-14-22(15-13-21)19(23)18-4-2-3-10-20-18/h2-8,10H,9,11-15H2,1H3. The van der Waals surface area contributed by atoms with E-state index in [-0.39, 0.29) is 5.91 Å². The van der Waals surface area contributed by atoms with Crippen molar-refractivity contribution in [2.45, 2.75) is 6.42 Å². The fraction of sp³-hybridized carbons (Fsp3) is 0.368. The topological polar surface area (TPSA) is 45.7 Å². The summed E-state index contributed by atoms with van der Waals surface area (Å²) < 4.78 is 5.18. The van der Waals surface area contributed by atoms with E-state index < -0.39 is 0 Å². The Bertz CT molecular complexity index is 650. The van der Waals surface area contributed by atoms with Gasteiger partial charge in [-0.15, -0.1) is 0 Å². The third-order valence-corrected chi connectivity index (χ3v) is 4.42. The second kappa shape index (κ2) is 7.93. The van der Waals surface area contributed by atoms with Crippen molar-refractivity contribution in [2.24, 2.45) is 0 Å². The minimum atomic E-state index is 0.0328. The summed E-state index contributed by atoms with van der Waals surface area (Å²) in [7, 11) is 1.68. The molecule has 1 aromatic carbocycles. The van der Waals surface area contributed by atoms with E-state index in [1.807, 2.05) is 29.2 Å². The summed E-state index contributed by atoms with van der Waals surface area (Å²) in [5, 5.41) is 0. The number of nitrogens with zero attached hydrogens (tertiary/aromatic N) is 3. The number of hydrogen-bond acceptors (Lipinski definition) is 4. The van der Waals surface area contributed by atoms with Crippen molar-refractivity contribution in [1.82, 2.24) is 14.8 Å². The van der Waals surface area contributed by atoms with Crippen LogP contribution in [0.1, 0.15) is 16.1 Å². The second-order valence-corrected chi connectivity index (χ2v) is 5.95. The number of benzene rings is 1. The molecule has 2 heterocycles. The lowest BCUT2D eigenvalue weighted by atomic mass is 10.1. The van der Waals surface area contributed by atoms with Gasteiger partial charge in [-0.2, -0.15) is 0 Å². The highest BCUT2D eigenvalue weighted by Gasteiger charge is 2.22. The van der Waals surface area contributed by atoms with Crippen molar-refractivity contribution in [3.63, 3.8) is 0 Å². The van der Waals surface area contributed by atoms with Crippen LogP contribution in [0, 0.1) is 0 Å². The molecule has 1 aliphatic rings. The number of aromatic nitrogens is 1. The van der Waals surface area contributed by atoms with Crippen LogP contribution >= 0.6 is 0 Å². The zero-order valence-electron chi connectivity index (χ0n) is 14.0. The molecule has 2 aromatic rings. The fourth-order valence-corrected chi connectivity index (χ4v) is 2.91. The monoisotopic (exact) mass is 325 g/mol. The average Bonchev–Trinajstić information content (AvgIpc) is 2.67. The van der Waals surface area contributed by atoms with E-state index in [1.165, 1.54) is 5.56 Å². The van der Waals surface area contributed by atoms with E-state index in [0.29, 0.717) is 5.69 Å². The SMILES string of the molecule is COc1ccc(CCN2CCN(C(=O)c3ccccn3)CC2)cc1. The Labute approximate surface area is 142 Å². The summed E-state index contributed by atoms with van der Waals surface area (Å²) in [5.74, 6) is 0.922. The van der Waals surface area contributed by atoms with Gasteiger partial charge in [-0.1, -0.05) is 18.2 Å². The van der Waals surface area contributed by atoms with Gasteiger partial charge in [0.1, 0.15) is 11.4 Å². The van der Waals surface area contributed by atoms with Crippen LogP contribution in [-0.2, 0) is 6.42 Å². The number of piperazine rings is 1. The summed E-state index contributed by atoms with van der Waals surface area (Å²) in [6.07, 6.45) is 2.68. The van der Waals surface area contributed by atoms with Crippen LogP contribution in [0.2, 0.25) is 0 Å². The molecule has 126 valence electrons. The van der Waals surface area contributed by atoms with E-state index in [4.69, 9.17) is 4.74 Å². The van der Waals surface area contributed by atoms with Crippen LogP contribution in [0.5, 0.6) is 5.75 Å². The third-order valence-electron chi connectivity index (χ3n) is 4.42. The third kappa shape index (κ3) is 4.11. The normalized spacial score (nSPS) is 15.3. The van der Waals surface area contributed by atoms with Gasteiger partial charge in [-0.25, -0.2) is 0 Å². The molecule has 1 saturated heterocycles. The van der Waals surface area contributed by atoms with E-state index in [2.05, 4.69) is 22.0 Å². The van der Waals surface area contributed by atoms with Gasteiger partial charge < -0.3 is 9.64 Å². The molecule has 1 fully saturated rings. The lowest BCUT2D eigenvalue weighted by molar-refractivity contribution is 0.0633. The van der Waals surface area contributed by atoms with E-state index in [1.54, 1.807) is 19.4 Å². The smallest absolute Gasteiger partial charge is 0.272 e. The first-order chi connectivity index (χ1) is 11.8. The number of pyridine rings is 1. The number of rotatable bonds is 5. The summed E-state index contributed by atoms with van der Waals surface area (Å²) >= 11 is 0. The zero-order chi connectivity index (χ0) is 16.8. The lowest BCUT2D eigenvalue weighted by Crippen LogP contribution is -2.49. The maximum Gasteiger partial charge on any atom is 0.272 e. The Balaban J connectivity index is 1.45. The number of carbonyl (C=O) groups excluding carboxylic acids is 1. The maximum atomic E-state index is 12.4. The van der Waals surface area contributed by atoms with Gasteiger partial charge in [0.25, 0.3) is 5.91 Å². The van der Waals surface area contributed by atoms with E-state index >= 15 is 0 Å². The van der Waals surface area contributed by atoms with Crippen LogP contribution < -0.4 is 4.74 Å². The van der Waals surface area contributed by atoms with Gasteiger partial charge in [0, 0.05) is 38.9 Å². The van der Waals surface area contributed by atoms with Gasteiger partial charge in [0.2, 0.25) is 0 Å². The molecule has 0 spiro atoms. The van der Waals surface area contributed by atoms with Crippen molar-refractivity contribution in [2.75, 3.05) is 39.8 Å². The number of carbonyl (C=O) groups is 1. The van der Waals surface area contributed by atoms with Crippen LogP contribution in [0.15, 0.2) is 48.7 Å². The number of hydrogen-bond donors (Lipinski definition) is 0. The first-order valence-corrected chi connectivity index (χ1v) is 8.32. The Hall–Kier alpha value is -2.40. The van der Waals surface area contributed by atoms with Crippen molar-refractivity contribution in [1.29, 1.82) is 0 Å². The maximum absolute atomic E-state index is 12.4. The number of ether oxygens (including phenoxy) is 1. The molecule has 0 bridgehead atoms. The Kier molecular flexibility index (Phi) is 5.43. The van der Waals surface area contributed by atoms with E-state index in [0.717, 1.165) is 44.9 Å². The Morgan fingerprint density at radius 1 is 1.08 bits per heavy atom. The predicted molar refractivity (Wildman–Crippen MR) is 93.3 cm³/mol. The zero-order valence-corrected chi connectivity index (χ0v) is 14.0. The fourth-order valence-electron chi connectivity index (χ4n) is 2.91. The average molecular weight is 325 g/mol. The molecule has 1 aromatic heterocycles. The van der Waals surface area contributed by atoms with E-state index in [9.17, 15) is 4.79 Å². The van der Waals surface area contributed by atoms with Crippen LogP contribution in [0.4, 0.5) is 0 Å². The first kappa shape index (κ1) is 16.5. The molecule has 0 radical (unpaired) electrons. The highest BCUT2D eigenvalue weighted by Crippen LogP contribution is 2.13. The summed E-state index contributed by atoms with van der Waals surface area (Å²) in [5.41, 5.74) is 1.84. The van der Waals surface area contributed by atoms with Crippen molar-refractivity contribution >= 4 is 5.91 Å². The molecule has 0 N–H and O–H groups in total. The number of amides is 1. The van der Waals surface area contributed by atoms with Crippen molar-refractivity contribution in [3.8, 4) is 5.75 Å². The molecule has 5 heteroatoms. The summed E-state index contributed by atoms with van der Waals surface area (Å²) in [4.78, 5) is 20.8. The second-order valence-electron chi connectivity index (χ2n) is 5.95. The molecule has 0 atom stereocenters. The summed E-state index contributed by atoms with van der Waals surface area (Å²) in [6.45, 7) is 4.36. The van der Waals surface area contributed by atoms with Crippen LogP contribution in [0.25, 0.3) is 0 Å². The molecule has 1 amide bonds. The van der Waals surface area contributed by atoms with Crippen LogP contribution in [-0.4, -0.2) is 60.5 Å². The van der Waals surface area contributed by atoms with Crippen LogP contribution in [0.3, 0.4) is 0 Å². The van der Waals surface area contributed by atoms with Crippen molar-refractivity contribution in [3.05, 3.63) is 59.9 Å². The molecular weight excluding hydrogens is 302 g/mol. The first-order valence-electron chi connectivity index (χ1n) is 8.32. The molecule has 0 aliphatic carbocycles. The number of methoxy groups -OCH3 is 1. The van der Waals surface area contributed by atoms with Crippen molar-refractivity contribution < 1.29 is 9.53 Å². The van der Waals surface area contributed by atoms with Gasteiger partial charge in [-0.3, -0.25) is 14.7 Å². The van der Waals surface area contributed by atoms with Gasteiger partial charge in [0.05, 0.1) is 7.11 Å². The Morgan fingerprint density at radius 3 is 2.46 bits per heavy atom. The highest BCUT2D eigenvalue weighted by atomic mass is 16.5. The summed E-state index contributed by atoms with van der Waals surface area (Å²) in [6, 6.07) is 13.7. The molecule has 24 heavy (non-hydrogen) atoms. The largest absolute Gasteiger partial charge is 0.497 e. The quantitative estimate of drug-likeness (QED) is 0.844. The predicted octanol–water partition coefficient (Wildman–Crippen LogP) is 2.09. The van der Waals surface area contributed by atoms with Gasteiger partial charge >= 0.3 is 0 Å². The molecule has 0 saturated carbocycles. The molecule has 0 unspecified atom stereocenters.